The molecule has 0 bridgehead atoms. The van der Waals surface area contributed by atoms with Gasteiger partial charge in [-0.25, -0.2) is 0 Å². The van der Waals surface area contributed by atoms with E-state index in [4.69, 9.17) is 0 Å². The van der Waals surface area contributed by atoms with Gasteiger partial charge in [0.2, 0.25) is 0 Å². The van der Waals surface area contributed by atoms with E-state index in [0.29, 0.717) is 5.41 Å². The zero-order valence-electron chi connectivity index (χ0n) is 12.0. The lowest BCUT2D eigenvalue weighted by atomic mass is 9.69. The molecule has 0 nitrogen and oxygen atoms in total. The van der Waals surface area contributed by atoms with Crippen molar-refractivity contribution in [2.75, 3.05) is 0 Å². The van der Waals surface area contributed by atoms with Crippen molar-refractivity contribution in [3.63, 3.8) is 0 Å². The van der Waals surface area contributed by atoms with Gasteiger partial charge < -0.3 is 0 Å². The minimum absolute atomic E-state index is 0.657. The van der Waals surface area contributed by atoms with Gasteiger partial charge in [0.15, 0.2) is 0 Å². The molecule has 0 amide bonds. The summed E-state index contributed by atoms with van der Waals surface area (Å²) in [5.74, 6) is 1.89. The van der Waals surface area contributed by atoms with Gasteiger partial charge in [-0.15, -0.1) is 0 Å². The van der Waals surface area contributed by atoms with Crippen LogP contribution < -0.4 is 0 Å². The van der Waals surface area contributed by atoms with Crippen molar-refractivity contribution in [2.45, 2.75) is 85.5 Å². The Morgan fingerprint density at radius 2 is 1.88 bits per heavy atom. The highest BCUT2D eigenvalue weighted by atomic mass is 14.4. The summed E-state index contributed by atoms with van der Waals surface area (Å²) in [6.07, 6.45) is 13.1. The average Bonchev–Trinajstić information content (AvgIpc) is 2.60. The highest BCUT2D eigenvalue weighted by Crippen LogP contribution is 2.49. The topological polar surface area (TPSA) is 0 Å². The van der Waals surface area contributed by atoms with E-state index in [1.54, 1.807) is 0 Å². The number of rotatable bonds is 7. The Bertz CT molecular complexity index is 184. The molecule has 3 unspecified atom stereocenters. The first kappa shape index (κ1) is 14.1. The molecule has 0 heteroatoms. The van der Waals surface area contributed by atoms with Crippen molar-refractivity contribution in [3.05, 3.63) is 0 Å². The van der Waals surface area contributed by atoms with Gasteiger partial charge in [0.05, 0.1) is 0 Å². The Kier molecular flexibility index (Phi) is 5.86. The molecular formula is C16H32. The first-order valence-corrected chi connectivity index (χ1v) is 7.61. The summed E-state index contributed by atoms with van der Waals surface area (Å²) in [5.41, 5.74) is 0.657. The summed E-state index contributed by atoms with van der Waals surface area (Å²) in [4.78, 5) is 0. The second kappa shape index (κ2) is 6.67. The van der Waals surface area contributed by atoms with Gasteiger partial charge in [0.1, 0.15) is 0 Å². The lowest BCUT2D eigenvalue weighted by molar-refractivity contribution is 0.136. The molecule has 1 aliphatic rings. The summed E-state index contributed by atoms with van der Waals surface area (Å²) in [6, 6.07) is 0. The van der Waals surface area contributed by atoms with Crippen LogP contribution in [0.1, 0.15) is 85.5 Å². The van der Waals surface area contributed by atoms with Gasteiger partial charge in [-0.2, -0.15) is 0 Å². The van der Waals surface area contributed by atoms with Crippen LogP contribution in [-0.2, 0) is 0 Å². The van der Waals surface area contributed by atoms with E-state index in [-0.39, 0.29) is 0 Å². The van der Waals surface area contributed by atoms with Crippen LogP contribution in [0.5, 0.6) is 0 Å². The van der Waals surface area contributed by atoms with E-state index >= 15 is 0 Å². The van der Waals surface area contributed by atoms with Crippen molar-refractivity contribution >= 4 is 0 Å². The van der Waals surface area contributed by atoms with E-state index in [0.717, 1.165) is 11.8 Å². The van der Waals surface area contributed by atoms with Gasteiger partial charge in [-0.1, -0.05) is 79.1 Å². The van der Waals surface area contributed by atoms with Crippen molar-refractivity contribution in [1.29, 1.82) is 0 Å². The summed E-state index contributed by atoms with van der Waals surface area (Å²) < 4.78 is 0. The van der Waals surface area contributed by atoms with Crippen molar-refractivity contribution in [2.24, 2.45) is 17.3 Å². The first-order valence-electron chi connectivity index (χ1n) is 7.61. The van der Waals surface area contributed by atoms with Crippen LogP contribution >= 0.6 is 0 Å². The van der Waals surface area contributed by atoms with Crippen LogP contribution in [0.25, 0.3) is 0 Å². The normalized spacial score (nSPS) is 31.9. The SMILES string of the molecule is CCCCCCCC(C)C1(C)CCCC1C. The fourth-order valence-corrected chi connectivity index (χ4v) is 3.48. The largest absolute Gasteiger partial charge is 0.0654 e. The van der Waals surface area contributed by atoms with Gasteiger partial charge in [0.25, 0.3) is 0 Å². The second-order valence-corrected chi connectivity index (χ2v) is 6.40. The average molecular weight is 224 g/mol. The second-order valence-electron chi connectivity index (χ2n) is 6.40. The maximum atomic E-state index is 2.54. The van der Waals surface area contributed by atoms with Crippen LogP contribution in [0.15, 0.2) is 0 Å². The molecular weight excluding hydrogens is 192 g/mol. The lowest BCUT2D eigenvalue weighted by Crippen LogP contribution is -2.28. The highest BCUT2D eigenvalue weighted by molar-refractivity contribution is 4.89. The van der Waals surface area contributed by atoms with Crippen LogP contribution in [0, 0.1) is 17.3 Å². The number of unbranched alkanes of at least 4 members (excludes halogenated alkanes) is 4. The third kappa shape index (κ3) is 3.50. The Morgan fingerprint density at radius 1 is 1.19 bits per heavy atom. The van der Waals surface area contributed by atoms with Crippen LogP contribution in [0.2, 0.25) is 0 Å². The van der Waals surface area contributed by atoms with Gasteiger partial charge in [-0.05, 0) is 23.7 Å². The Hall–Kier alpha value is 0. The van der Waals surface area contributed by atoms with E-state index in [1.165, 1.54) is 57.8 Å². The summed E-state index contributed by atoms with van der Waals surface area (Å²) in [5, 5.41) is 0. The first-order chi connectivity index (χ1) is 7.61. The molecule has 0 heterocycles. The third-order valence-corrected chi connectivity index (χ3v) is 5.34. The van der Waals surface area contributed by atoms with E-state index in [2.05, 4.69) is 27.7 Å². The van der Waals surface area contributed by atoms with Gasteiger partial charge in [0, 0.05) is 0 Å². The molecule has 1 rings (SSSR count). The fraction of sp³-hybridized carbons (Fsp3) is 1.00. The molecule has 96 valence electrons. The highest BCUT2D eigenvalue weighted by Gasteiger charge is 2.39. The summed E-state index contributed by atoms with van der Waals surface area (Å²) >= 11 is 0. The summed E-state index contributed by atoms with van der Waals surface area (Å²) in [7, 11) is 0. The zero-order valence-corrected chi connectivity index (χ0v) is 12.0. The minimum atomic E-state index is 0.657. The molecule has 0 N–H and O–H groups in total. The van der Waals surface area contributed by atoms with E-state index in [1.807, 2.05) is 0 Å². The zero-order chi connectivity index (χ0) is 12.0. The molecule has 0 saturated heterocycles. The molecule has 1 fully saturated rings. The molecule has 1 saturated carbocycles. The Balaban J connectivity index is 2.21. The Morgan fingerprint density at radius 3 is 2.44 bits per heavy atom. The van der Waals surface area contributed by atoms with Gasteiger partial charge in [-0.3, -0.25) is 0 Å². The van der Waals surface area contributed by atoms with Crippen LogP contribution in [0.4, 0.5) is 0 Å². The maximum absolute atomic E-state index is 2.54. The molecule has 0 radical (unpaired) electrons. The molecule has 0 aromatic rings. The van der Waals surface area contributed by atoms with E-state index in [9.17, 15) is 0 Å². The molecule has 3 atom stereocenters. The smallest absolute Gasteiger partial charge is 0.0274 e. The molecule has 0 aliphatic heterocycles. The predicted molar refractivity (Wildman–Crippen MR) is 73.7 cm³/mol. The minimum Gasteiger partial charge on any atom is -0.0654 e. The lowest BCUT2D eigenvalue weighted by Gasteiger charge is -2.36. The van der Waals surface area contributed by atoms with Crippen LogP contribution in [-0.4, -0.2) is 0 Å². The quantitative estimate of drug-likeness (QED) is 0.479. The van der Waals surface area contributed by atoms with Crippen molar-refractivity contribution < 1.29 is 0 Å². The Labute approximate surface area is 103 Å². The molecule has 0 aromatic carbocycles. The molecule has 0 spiro atoms. The van der Waals surface area contributed by atoms with Crippen molar-refractivity contribution in [3.8, 4) is 0 Å². The summed E-state index contributed by atoms with van der Waals surface area (Å²) in [6.45, 7) is 9.81. The van der Waals surface area contributed by atoms with Crippen LogP contribution in [0.3, 0.4) is 0 Å². The maximum Gasteiger partial charge on any atom is -0.0274 e. The molecule has 1 aliphatic carbocycles. The standard InChI is InChI=1S/C16H32/c1-5-6-7-8-9-11-14(2)16(4)13-10-12-15(16)3/h14-15H,5-13H2,1-4H3. The third-order valence-electron chi connectivity index (χ3n) is 5.34. The molecule has 16 heavy (non-hydrogen) atoms. The number of hydrogen-bond donors (Lipinski definition) is 0. The fourth-order valence-electron chi connectivity index (χ4n) is 3.48. The monoisotopic (exact) mass is 224 g/mol. The van der Waals surface area contributed by atoms with E-state index < -0.39 is 0 Å². The molecule has 0 aromatic heterocycles. The van der Waals surface area contributed by atoms with Gasteiger partial charge >= 0.3 is 0 Å². The predicted octanol–water partition coefficient (Wildman–Crippen LogP) is 5.81. The van der Waals surface area contributed by atoms with Crippen molar-refractivity contribution in [1.82, 2.24) is 0 Å². The number of hydrogen-bond acceptors (Lipinski definition) is 0.